The number of nitrogens with zero attached hydrogens (tertiary/aromatic N) is 1. The summed E-state index contributed by atoms with van der Waals surface area (Å²) in [5, 5.41) is 0. The highest BCUT2D eigenvalue weighted by atomic mass is 16.5. The van der Waals surface area contributed by atoms with Crippen LogP contribution in [0.1, 0.15) is 20.8 Å². The van der Waals surface area contributed by atoms with Crippen LogP contribution in [0, 0.1) is 0 Å². The predicted octanol–water partition coefficient (Wildman–Crippen LogP) is 2.34. The lowest BCUT2D eigenvalue weighted by atomic mass is 10.2. The number of hydrogen-bond acceptors (Lipinski definition) is 3. The van der Waals surface area contributed by atoms with Crippen molar-refractivity contribution in [1.29, 1.82) is 0 Å². The molecule has 0 saturated carbocycles. The molecular formula is C15H23NO3. The highest BCUT2D eigenvalue weighted by Crippen LogP contribution is 2.08. The van der Waals surface area contributed by atoms with Gasteiger partial charge >= 0.3 is 0 Å². The quantitative estimate of drug-likeness (QED) is 0.792. The van der Waals surface area contributed by atoms with Gasteiger partial charge in [-0.2, -0.15) is 0 Å². The lowest BCUT2D eigenvalue weighted by Gasteiger charge is -2.22. The summed E-state index contributed by atoms with van der Waals surface area (Å²) >= 11 is 0. The molecule has 0 aromatic heterocycles. The second-order valence-corrected chi connectivity index (χ2v) is 5.38. The van der Waals surface area contributed by atoms with Gasteiger partial charge in [-0.3, -0.25) is 4.79 Å². The summed E-state index contributed by atoms with van der Waals surface area (Å²) < 4.78 is 11.0. The highest BCUT2D eigenvalue weighted by molar-refractivity contribution is 5.77. The molecular weight excluding hydrogens is 242 g/mol. The van der Waals surface area contributed by atoms with Gasteiger partial charge in [-0.25, -0.2) is 0 Å². The number of benzene rings is 1. The number of para-hydroxylation sites is 1. The van der Waals surface area contributed by atoms with Crippen molar-refractivity contribution in [1.82, 2.24) is 4.90 Å². The number of rotatable bonds is 6. The molecule has 1 aromatic carbocycles. The Labute approximate surface area is 115 Å². The molecule has 4 nitrogen and oxygen atoms in total. The zero-order chi connectivity index (χ0) is 14.3. The zero-order valence-corrected chi connectivity index (χ0v) is 12.2. The van der Waals surface area contributed by atoms with Crippen LogP contribution in [0.25, 0.3) is 0 Å². The fraction of sp³-hybridized carbons (Fsp3) is 0.533. The van der Waals surface area contributed by atoms with Crippen LogP contribution in [0.4, 0.5) is 0 Å². The van der Waals surface area contributed by atoms with Gasteiger partial charge in [0.05, 0.1) is 12.1 Å². The minimum atomic E-state index is -0.295. The fourth-order valence-corrected chi connectivity index (χ4v) is 1.33. The lowest BCUT2D eigenvalue weighted by Crippen LogP contribution is -2.36. The van der Waals surface area contributed by atoms with Crippen LogP contribution in [-0.4, -0.2) is 43.2 Å². The summed E-state index contributed by atoms with van der Waals surface area (Å²) in [5.74, 6) is 0.779. The van der Waals surface area contributed by atoms with Crippen LogP contribution in [0.3, 0.4) is 0 Å². The van der Waals surface area contributed by atoms with E-state index >= 15 is 0 Å². The molecule has 0 N–H and O–H groups in total. The maximum atomic E-state index is 11.8. The Morgan fingerprint density at radius 1 is 1.21 bits per heavy atom. The number of carbonyl (C=O) groups is 1. The van der Waals surface area contributed by atoms with Crippen LogP contribution in [0.5, 0.6) is 5.75 Å². The first-order valence-corrected chi connectivity index (χ1v) is 6.44. The monoisotopic (exact) mass is 265 g/mol. The second kappa shape index (κ2) is 7.14. The largest absolute Gasteiger partial charge is 0.492 e. The molecule has 0 aliphatic rings. The van der Waals surface area contributed by atoms with Crippen LogP contribution in [0.2, 0.25) is 0 Å². The third-order valence-electron chi connectivity index (χ3n) is 2.49. The Morgan fingerprint density at radius 2 is 1.84 bits per heavy atom. The van der Waals surface area contributed by atoms with E-state index in [4.69, 9.17) is 9.47 Å². The van der Waals surface area contributed by atoms with Gasteiger partial charge in [0.2, 0.25) is 5.91 Å². The Bertz CT molecular complexity index is 384. The van der Waals surface area contributed by atoms with Crippen molar-refractivity contribution in [3.8, 4) is 5.75 Å². The molecule has 0 unspecified atom stereocenters. The molecule has 1 amide bonds. The van der Waals surface area contributed by atoms with Crippen LogP contribution in [0.15, 0.2) is 30.3 Å². The smallest absolute Gasteiger partial charge is 0.248 e. The Kier molecular flexibility index (Phi) is 5.83. The van der Waals surface area contributed by atoms with Crippen LogP contribution < -0.4 is 4.74 Å². The molecule has 106 valence electrons. The Hall–Kier alpha value is -1.55. The summed E-state index contributed by atoms with van der Waals surface area (Å²) in [6.45, 7) is 6.91. The van der Waals surface area contributed by atoms with E-state index < -0.39 is 0 Å². The van der Waals surface area contributed by atoms with Gasteiger partial charge in [-0.1, -0.05) is 18.2 Å². The topological polar surface area (TPSA) is 38.8 Å². The second-order valence-electron chi connectivity index (χ2n) is 5.38. The third kappa shape index (κ3) is 6.82. The molecule has 0 saturated heterocycles. The molecule has 4 heteroatoms. The van der Waals surface area contributed by atoms with E-state index in [0.29, 0.717) is 13.2 Å². The van der Waals surface area contributed by atoms with E-state index in [2.05, 4.69) is 0 Å². The van der Waals surface area contributed by atoms with Gasteiger partial charge in [-0.05, 0) is 32.9 Å². The molecule has 0 radical (unpaired) electrons. The van der Waals surface area contributed by atoms with E-state index in [1.54, 1.807) is 11.9 Å². The van der Waals surface area contributed by atoms with Gasteiger partial charge in [0, 0.05) is 7.05 Å². The van der Waals surface area contributed by atoms with Crippen molar-refractivity contribution in [2.24, 2.45) is 0 Å². The molecule has 0 aliphatic heterocycles. The van der Waals surface area contributed by atoms with Crippen molar-refractivity contribution < 1.29 is 14.3 Å². The van der Waals surface area contributed by atoms with E-state index in [0.717, 1.165) is 5.75 Å². The molecule has 19 heavy (non-hydrogen) atoms. The minimum absolute atomic E-state index is 0.0356. The zero-order valence-electron chi connectivity index (χ0n) is 12.2. The standard InChI is InChI=1S/C15H23NO3/c1-15(2,3)19-12-14(17)16(4)10-11-18-13-8-6-5-7-9-13/h5-9H,10-12H2,1-4H3. The number of ether oxygens (including phenoxy) is 2. The minimum Gasteiger partial charge on any atom is -0.492 e. The average molecular weight is 265 g/mol. The lowest BCUT2D eigenvalue weighted by molar-refractivity contribution is -0.140. The van der Waals surface area contributed by atoms with Crippen molar-refractivity contribution >= 4 is 5.91 Å². The number of carbonyl (C=O) groups excluding carboxylic acids is 1. The molecule has 0 bridgehead atoms. The van der Waals surface area contributed by atoms with Crippen LogP contribution in [-0.2, 0) is 9.53 Å². The predicted molar refractivity (Wildman–Crippen MR) is 75.3 cm³/mol. The van der Waals surface area contributed by atoms with Crippen molar-refractivity contribution in [3.63, 3.8) is 0 Å². The summed E-state index contributed by atoms with van der Waals surface area (Å²) in [6.07, 6.45) is 0. The van der Waals surface area contributed by atoms with E-state index in [1.165, 1.54) is 0 Å². The first-order chi connectivity index (χ1) is 8.88. The summed E-state index contributed by atoms with van der Waals surface area (Å²) in [6, 6.07) is 9.56. The maximum absolute atomic E-state index is 11.8. The number of likely N-dealkylation sites (N-methyl/N-ethyl adjacent to an activating group) is 1. The van der Waals surface area contributed by atoms with Gasteiger partial charge in [0.1, 0.15) is 19.0 Å². The number of hydrogen-bond donors (Lipinski definition) is 0. The summed E-state index contributed by atoms with van der Waals surface area (Å²) in [4.78, 5) is 13.4. The van der Waals surface area contributed by atoms with Gasteiger partial charge < -0.3 is 14.4 Å². The maximum Gasteiger partial charge on any atom is 0.248 e. The Morgan fingerprint density at radius 3 is 2.42 bits per heavy atom. The normalized spacial score (nSPS) is 11.2. The van der Waals surface area contributed by atoms with Crippen molar-refractivity contribution in [2.45, 2.75) is 26.4 Å². The van der Waals surface area contributed by atoms with Crippen molar-refractivity contribution in [2.75, 3.05) is 26.8 Å². The van der Waals surface area contributed by atoms with Crippen molar-refractivity contribution in [3.05, 3.63) is 30.3 Å². The first-order valence-electron chi connectivity index (χ1n) is 6.44. The van der Waals surface area contributed by atoms with E-state index in [9.17, 15) is 4.79 Å². The number of amides is 1. The molecule has 0 heterocycles. The molecule has 1 rings (SSSR count). The molecule has 0 atom stereocenters. The first kappa shape index (κ1) is 15.5. The van der Waals surface area contributed by atoms with Gasteiger partial charge in [0.25, 0.3) is 0 Å². The van der Waals surface area contributed by atoms with E-state index in [1.807, 2.05) is 51.1 Å². The SMILES string of the molecule is CN(CCOc1ccccc1)C(=O)COC(C)(C)C. The average Bonchev–Trinajstić information content (AvgIpc) is 2.36. The molecule has 1 aromatic rings. The third-order valence-corrected chi connectivity index (χ3v) is 2.49. The van der Waals surface area contributed by atoms with Gasteiger partial charge in [-0.15, -0.1) is 0 Å². The highest BCUT2D eigenvalue weighted by Gasteiger charge is 2.15. The Balaban J connectivity index is 2.23. The van der Waals surface area contributed by atoms with E-state index in [-0.39, 0.29) is 18.1 Å². The summed E-state index contributed by atoms with van der Waals surface area (Å²) in [5.41, 5.74) is -0.295. The van der Waals surface area contributed by atoms with Gasteiger partial charge in [0.15, 0.2) is 0 Å². The fourth-order valence-electron chi connectivity index (χ4n) is 1.33. The molecule has 0 aliphatic carbocycles. The summed E-state index contributed by atoms with van der Waals surface area (Å²) in [7, 11) is 1.75. The molecule has 0 fully saturated rings. The van der Waals surface area contributed by atoms with Crippen LogP contribution >= 0.6 is 0 Å². The molecule has 0 spiro atoms.